The summed E-state index contributed by atoms with van der Waals surface area (Å²) in [5.41, 5.74) is 5.74. The van der Waals surface area contributed by atoms with Gasteiger partial charge in [0.15, 0.2) is 0 Å². The fourth-order valence-electron chi connectivity index (χ4n) is 5.94. The second-order valence-corrected chi connectivity index (χ2v) is 11.3. The normalized spacial score (nSPS) is 25.0. The fraction of sp³-hybridized carbons (Fsp3) is 0.481. The zero-order chi connectivity index (χ0) is 26.5. The first-order chi connectivity index (χ1) is 17.5. The Labute approximate surface area is 223 Å². The first-order valence-corrected chi connectivity index (χ1v) is 13.2. The molecule has 10 heteroatoms. The maximum atomic E-state index is 13.9. The van der Waals surface area contributed by atoms with Crippen molar-refractivity contribution >= 4 is 35.0 Å². The van der Waals surface area contributed by atoms with E-state index in [0.29, 0.717) is 46.9 Å². The van der Waals surface area contributed by atoms with Crippen LogP contribution in [0.5, 0.6) is 0 Å². The summed E-state index contributed by atoms with van der Waals surface area (Å²) in [6, 6.07) is 8.84. The molecule has 2 aliphatic heterocycles. The summed E-state index contributed by atoms with van der Waals surface area (Å²) >= 11 is 12.5. The Morgan fingerprint density at radius 2 is 1.68 bits per heavy atom. The van der Waals surface area contributed by atoms with Gasteiger partial charge >= 0.3 is 6.18 Å². The van der Waals surface area contributed by atoms with E-state index in [4.69, 9.17) is 28.9 Å². The van der Waals surface area contributed by atoms with Gasteiger partial charge in [-0.1, -0.05) is 41.4 Å². The molecule has 2 unspecified atom stereocenters. The van der Waals surface area contributed by atoms with E-state index in [1.54, 1.807) is 18.2 Å². The van der Waals surface area contributed by atoms with Crippen LogP contribution in [-0.2, 0) is 27.6 Å². The molecule has 5 nitrogen and oxygen atoms in total. The SMILES string of the molecule is NC1CC2CCC(C1)N2C(=O)[C@H](Cc1ccc(C(F)(F)F)cc1)NC(=O)C1(c2ccc(Cl)cc2Cl)CC1. The Balaban J connectivity index is 1.41. The van der Waals surface area contributed by atoms with Crippen LogP contribution in [0.2, 0.25) is 10.0 Å². The number of halogens is 5. The molecule has 198 valence electrons. The van der Waals surface area contributed by atoms with Crippen LogP contribution in [0.25, 0.3) is 0 Å². The van der Waals surface area contributed by atoms with Crippen molar-refractivity contribution in [2.75, 3.05) is 0 Å². The monoisotopic (exact) mass is 553 g/mol. The number of hydrogen-bond acceptors (Lipinski definition) is 3. The van der Waals surface area contributed by atoms with Crippen LogP contribution in [0.3, 0.4) is 0 Å². The predicted molar refractivity (Wildman–Crippen MR) is 135 cm³/mol. The van der Waals surface area contributed by atoms with Gasteiger partial charge in [0.2, 0.25) is 11.8 Å². The van der Waals surface area contributed by atoms with Crippen molar-refractivity contribution in [3.8, 4) is 0 Å². The summed E-state index contributed by atoms with van der Waals surface area (Å²) in [6.45, 7) is 0. The highest BCUT2D eigenvalue weighted by Gasteiger charge is 2.53. The van der Waals surface area contributed by atoms with Crippen molar-refractivity contribution in [3.63, 3.8) is 0 Å². The average molecular weight is 554 g/mol. The van der Waals surface area contributed by atoms with E-state index in [9.17, 15) is 22.8 Å². The fourth-order valence-corrected chi connectivity index (χ4v) is 6.53. The summed E-state index contributed by atoms with van der Waals surface area (Å²) in [7, 11) is 0. The maximum absolute atomic E-state index is 13.9. The molecular weight excluding hydrogens is 526 g/mol. The van der Waals surface area contributed by atoms with E-state index in [1.165, 1.54) is 12.1 Å². The molecule has 0 spiro atoms. The average Bonchev–Trinajstić information content (AvgIpc) is 3.58. The number of nitrogens with one attached hydrogen (secondary N) is 1. The molecule has 37 heavy (non-hydrogen) atoms. The summed E-state index contributed by atoms with van der Waals surface area (Å²) in [5, 5.41) is 3.80. The number of nitrogens with zero attached hydrogens (tertiary/aromatic N) is 1. The first kappa shape index (κ1) is 26.3. The van der Waals surface area contributed by atoms with Crippen LogP contribution in [0.4, 0.5) is 13.2 Å². The number of rotatable bonds is 6. The minimum atomic E-state index is -4.45. The largest absolute Gasteiger partial charge is 0.416 e. The summed E-state index contributed by atoms with van der Waals surface area (Å²) in [5.74, 6) is -0.534. The third kappa shape index (κ3) is 5.20. The van der Waals surface area contributed by atoms with E-state index in [0.717, 1.165) is 25.0 Å². The number of piperidine rings is 1. The first-order valence-electron chi connectivity index (χ1n) is 12.5. The molecule has 2 aromatic rings. The summed E-state index contributed by atoms with van der Waals surface area (Å²) in [4.78, 5) is 29.4. The highest BCUT2D eigenvalue weighted by molar-refractivity contribution is 6.35. The third-order valence-corrected chi connectivity index (χ3v) is 8.53. The van der Waals surface area contributed by atoms with Gasteiger partial charge in [0, 0.05) is 34.6 Å². The van der Waals surface area contributed by atoms with Crippen LogP contribution >= 0.6 is 23.2 Å². The number of carbonyl (C=O) groups excluding carboxylic acids is 2. The lowest BCUT2D eigenvalue weighted by Gasteiger charge is -2.40. The van der Waals surface area contributed by atoms with Gasteiger partial charge in [-0.05, 0) is 73.9 Å². The Hall–Kier alpha value is -2.29. The third-order valence-electron chi connectivity index (χ3n) is 7.98. The van der Waals surface area contributed by atoms with Gasteiger partial charge in [-0.2, -0.15) is 13.2 Å². The van der Waals surface area contributed by atoms with Gasteiger partial charge in [0.05, 0.1) is 11.0 Å². The van der Waals surface area contributed by atoms with E-state index in [1.807, 2.05) is 4.90 Å². The molecule has 1 aliphatic carbocycles. The minimum Gasteiger partial charge on any atom is -0.343 e. The molecular formula is C27H28Cl2F3N3O2. The smallest absolute Gasteiger partial charge is 0.343 e. The van der Waals surface area contributed by atoms with Crippen molar-refractivity contribution in [2.24, 2.45) is 5.73 Å². The quantitative estimate of drug-likeness (QED) is 0.512. The summed E-state index contributed by atoms with van der Waals surface area (Å²) < 4.78 is 39.2. The van der Waals surface area contributed by atoms with Crippen molar-refractivity contribution in [1.29, 1.82) is 0 Å². The molecule has 3 atom stereocenters. The van der Waals surface area contributed by atoms with Crippen LogP contribution in [-0.4, -0.2) is 40.9 Å². The molecule has 2 saturated heterocycles. The highest BCUT2D eigenvalue weighted by atomic mass is 35.5. The second kappa shape index (κ2) is 9.79. The van der Waals surface area contributed by atoms with Crippen molar-refractivity contribution in [3.05, 3.63) is 69.2 Å². The topological polar surface area (TPSA) is 75.4 Å². The lowest BCUT2D eigenvalue weighted by atomic mass is 9.93. The number of nitrogens with two attached hydrogens (primary N) is 1. The standard InChI is InChI=1S/C27H28Cl2F3N3O2/c28-17-5-8-21(22(29)12-17)26(9-10-26)25(37)34-23(11-15-1-3-16(4-2-15)27(30,31)32)24(36)35-19-6-7-20(35)14-18(33)13-19/h1-5,8,12,18-20,23H,6-7,9-11,13-14,33H2,(H,34,37)/t18?,19?,20?,23-/m0/s1. The molecule has 1 saturated carbocycles. The lowest BCUT2D eigenvalue weighted by molar-refractivity contribution is -0.141. The van der Waals surface area contributed by atoms with Gasteiger partial charge in [0.25, 0.3) is 0 Å². The van der Waals surface area contributed by atoms with Gasteiger partial charge in [-0.25, -0.2) is 0 Å². The molecule has 5 rings (SSSR count). The number of carbonyl (C=O) groups is 2. The highest BCUT2D eigenvalue weighted by Crippen LogP contribution is 2.51. The van der Waals surface area contributed by atoms with Crippen molar-refractivity contribution < 1.29 is 22.8 Å². The molecule has 2 amide bonds. The number of hydrogen-bond donors (Lipinski definition) is 2. The molecule has 2 aromatic carbocycles. The van der Waals surface area contributed by atoms with E-state index < -0.39 is 23.2 Å². The van der Waals surface area contributed by atoms with Crippen LogP contribution in [0.15, 0.2) is 42.5 Å². The van der Waals surface area contributed by atoms with Crippen molar-refractivity contribution in [2.45, 2.75) is 80.7 Å². The second-order valence-electron chi connectivity index (χ2n) is 10.5. The Kier molecular flexibility index (Phi) is 6.96. The summed E-state index contributed by atoms with van der Waals surface area (Å²) in [6.07, 6.45) is -0.110. The number of alkyl halides is 3. The number of benzene rings is 2. The Bertz CT molecular complexity index is 1190. The zero-order valence-corrected chi connectivity index (χ0v) is 21.5. The predicted octanol–water partition coefficient (Wildman–Crippen LogP) is 5.25. The lowest BCUT2D eigenvalue weighted by Crippen LogP contribution is -2.58. The maximum Gasteiger partial charge on any atom is 0.416 e. The van der Waals surface area contributed by atoms with Crippen LogP contribution in [0.1, 0.15) is 55.2 Å². The van der Waals surface area contributed by atoms with Gasteiger partial charge in [0.1, 0.15) is 6.04 Å². The van der Waals surface area contributed by atoms with Crippen molar-refractivity contribution in [1.82, 2.24) is 10.2 Å². The van der Waals surface area contributed by atoms with Crippen LogP contribution < -0.4 is 11.1 Å². The van der Waals surface area contributed by atoms with Gasteiger partial charge in [-0.15, -0.1) is 0 Å². The number of fused-ring (bicyclic) bond motifs is 2. The molecule has 2 heterocycles. The molecule has 3 N–H and O–H groups in total. The Morgan fingerprint density at radius 3 is 2.22 bits per heavy atom. The van der Waals surface area contributed by atoms with Gasteiger partial charge < -0.3 is 16.0 Å². The molecule has 2 bridgehead atoms. The Morgan fingerprint density at radius 1 is 1.05 bits per heavy atom. The van der Waals surface area contributed by atoms with Gasteiger partial charge in [-0.3, -0.25) is 9.59 Å². The van der Waals surface area contributed by atoms with E-state index in [2.05, 4.69) is 5.32 Å². The van der Waals surface area contributed by atoms with E-state index >= 15 is 0 Å². The molecule has 0 radical (unpaired) electrons. The number of amides is 2. The minimum absolute atomic E-state index is 0.00820. The van der Waals surface area contributed by atoms with E-state index in [-0.39, 0.29) is 36.4 Å². The zero-order valence-electron chi connectivity index (χ0n) is 20.0. The molecule has 0 aromatic heterocycles. The van der Waals surface area contributed by atoms with Crippen LogP contribution in [0, 0.1) is 0 Å². The molecule has 3 aliphatic rings. The molecule has 3 fully saturated rings.